The van der Waals surface area contributed by atoms with Crippen LogP contribution in [0.25, 0.3) is 0 Å². The largest absolute Gasteiger partial charge is 0.462 e. The van der Waals surface area contributed by atoms with Gasteiger partial charge in [0, 0.05) is 25.8 Å². The van der Waals surface area contributed by atoms with Gasteiger partial charge in [-0.25, -0.2) is 13.1 Å². The number of hydrogen-bond acceptors (Lipinski definition) is 9. The third-order valence-corrected chi connectivity index (χ3v) is 9.73. The van der Waals surface area contributed by atoms with Gasteiger partial charge in [0.05, 0.1) is 28.7 Å². The minimum atomic E-state index is -3.87. The Morgan fingerprint density at radius 3 is 2.45 bits per heavy atom. The Morgan fingerprint density at radius 2 is 1.76 bits per heavy atom. The van der Waals surface area contributed by atoms with Crippen LogP contribution in [0.5, 0.6) is 0 Å². The fourth-order valence-electron chi connectivity index (χ4n) is 5.52. The van der Waals surface area contributed by atoms with Crippen LogP contribution >= 0.6 is 0 Å². The Kier molecular flexibility index (Phi) is 11.1. The third kappa shape index (κ3) is 8.57. The average Bonchev–Trinajstić information content (AvgIpc) is 3.00. The van der Waals surface area contributed by atoms with Crippen molar-refractivity contribution in [1.29, 1.82) is 0 Å². The van der Waals surface area contributed by atoms with Crippen LogP contribution in [0.4, 0.5) is 0 Å². The van der Waals surface area contributed by atoms with Crippen molar-refractivity contribution in [3.63, 3.8) is 0 Å². The molecule has 1 aromatic carbocycles. The predicted molar refractivity (Wildman–Crippen MR) is 156 cm³/mol. The van der Waals surface area contributed by atoms with E-state index >= 15 is 0 Å². The molecule has 3 N–H and O–H groups in total. The third-order valence-electron chi connectivity index (χ3n) is 8.31. The molecule has 2 aliphatic heterocycles. The van der Waals surface area contributed by atoms with Crippen LogP contribution in [0.15, 0.2) is 53.6 Å². The number of sulfonamides is 1. The monoisotopic (exact) mass is 602 g/mol. The molecule has 0 radical (unpaired) electrons. The van der Waals surface area contributed by atoms with E-state index in [2.05, 4.69) is 14.6 Å². The second-order valence-electron chi connectivity index (χ2n) is 11.4. The number of carbonyl (C=O) groups is 2. The van der Waals surface area contributed by atoms with Crippen molar-refractivity contribution < 1.29 is 33.0 Å². The molecular formula is C30H42N4O7S. The van der Waals surface area contributed by atoms with Crippen LogP contribution < -0.4 is 4.72 Å². The number of nitrogens with one attached hydrogen (secondary N) is 1. The summed E-state index contributed by atoms with van der Waals surface area (Å²) < 4.78 is 33.3. The zero-order valence-corrected chi connectivity index (χ0v) is 25.0. The van der Waals surface area contributed by atoms with Crippen molar-refractivity contribution in [2.75, 3.05) is 39.3 Å². The molecule has 2 atom stereocenters. The number of nitrogens with zero attached hydrogens (tertiary/aromatic N) is 3. The zero-order chi connectivity index (χ0) is 30.2. The number of aliphatic hydroxyl groups is 2. The first-order chi connectivity index (χ1) is 20.1. The van der Waals surface area contributed by atoms with Gasteiger partial charge >= 0.3 is 5.97 Å². The number of aryl methyl sites for hydroxylation is 1. The zero-order valence-electron chi connectivity index (χ0n) is 24.2. The number of piperidine rings is 1. The molecule has 0 bridgehead atoms. The van der Waals surface area contributed by atoms with E-state index in [1.165, 1.54) is 17.0 Å². The van der Waals surface area contributed by atoms with Crippen LogP contribution in [-0.2, 0) is 30.9 Å². The number of aromatic nitrogens is 1. The van der Waals surface area contributed by atoms with Gasteiger partial charge in [-0.15, -0.1) is 0 Å². The molecule has 2 aliphatic rings. The van der Waals surface area contributed by atoms with E-state index in [1.54, 1.807) is 18.3 Å². The lowest BCUT2D eigenvalue weighted by molar-refractivity contribution is -0.165. The maximum absolute atomic E-state index is 13.3. The highest BCUT2D eigenvalue weighted by Crippen LogP contribution is 2.38. The fraction of sp³-hybridized carbons (Fsp3) is 0.567. The second kappa shape index (κ2) is 14.5. The highest BCUT2D eigenvalue weighted by molar-refractivity contribution is 7.89. The number of cyclic esters (lactones) is 1. The summed E-state index contributed by atoms with van der Waals surface area (Å²) in [4.78, 5) is 34.7. The van der Waals surface area contributed by atoms with Gasteiger partial charge in [-0.3, -0.25) is 19.5 Å². The molecule has 3 heterocycles. The quantitative estimate of drug-likeness (QED) is 0.419. The lowest BCUT2D eigenvalue weighted by Gasteiger charge is -2.40. The van der Waals surface area contributed by atoms with Gasteiger partial charge in [-0.1, -0.05) is 30.2 Å². The number of pyridine rings is 1. The average molecular weight is 603 g/mol. The topological polar surface area (TPSA) is 149 Å². The first-order valence-corrected chi connectivity index (χ1v) is 16.1. The first-order valence-electron chi connectivity index (χ1n) is 14.6. The summed E-state index contributed by atoms with van der Waals surface area (Å²) >= 11 is 0. The van der Waals surface area contributed by atoms with Crippen molar-refractivity contribution in [2.45, 2.75) is 69.1 Å². The van der Waals surface area contributed by atoms with E-state index in [9.17, 15) is 28.2 Å². The summed E-state index contributed by atoms with van der Waals surface area (Å²) in [5.74, 6) is -0.781. The van der Waals surface area contributed by atoms with Gasteiger partial charge in [0.25, 0.3) is 0 Å². The molecule has 1 spiro atoms. The SMILES string of the molecule is Cc1ccc(S(=O)(=O)NCC(=O)N2CCCCC3(CCN(Cc4ccccn4)CC3)C(=O)OC[C@@H](O)[C@@H](O)CC2)cc1. The van der Waals surface area contributed by atoms with E-state index in [-0.39, 0.29) is 30.4 Å². The summed E-state index contributed by atoms with van der Waals surface area (Å²) in [7, 11) is -3.87. The predicted octanol–water partition coefficient (Wildman–Crippen LogP) is 1.62. The Hall–Kier alpha value is -2.90. The van der Waals surface area contributed by atoms with Gasteiger partial charge < -0.3 is 19.8 Å². The molecule has 1 aromatic heterocycles. The molecule has 2 saturated heterocycles. The van der Waals surface area contributed by atoms with Crippen LogP contribution in [0.3, 0.4) is 0 Å². The minimum absolute atomic E-state index is 0.0583. The van der Waals surface area contributed by atoms with Gasteiger partial charge in [0.1, 0.15) is 12.7 Å². The molecule has 1 amide bonds. The van der Waals surface area contributed by atoms with E-state index < -0.39 is 40.1 Å². The normalized spacial score (nSPS) is 22.9. The molecular weight excluding hydrogens is 560 g/mol. The standard InChI is InChI=1S/C30H42N4O7S/c1-23-7-9-25(10-8-23)42(39,40)32-20-28(37)34-16-5-3-12-30(29(38)41-22-27(36)26(35)11-17-34)13-18-33(19-14-30)21-24-6-2-4-15-31-24/h2,4,6-10,15,26-27,32,35-36H,3,5,11-14,16-22H2,1H3/t26-,27+/m0/s1. The number of esters is 1. The molecule has 0 unspecified atom stereocenters. The summed E-state index contributed by atoms with van der Waals surface area (Å²) in [5.41, 5.74) is 1.18. The molecule has 230 valence electrons. The van der Waals surface area contributed by atoms with Gasteiger partial charge in [-0.2, -0.15) is 0 Å². The van der Waals surface area contributed by atoms with Crippen LogP contribution in [0, 0.1) is 12.3 Å². The number of benzene rings is 1. The van der Waals surface area contributed by atoms with Gasteiger partial charge in [0.15, 0.2) is 0 Å². The fourth-order valence-corrected chi connectivity index (χ4v) is 6.49. The van der Waals surface area contributed by atoms with Crippen LogP contribution in [-0.4, -0.2) is 96.8 Å². The van der Waals surface area contributed by atoms with Crippen LogP contribution in [0.2, 0.25) is 0 Å². The molecule has 42 heavy (non-hydrogen) atoms. The lowest BCUT2D eigenvalue weighted by atomic mass is 9.74. The molecule has 2 fully saturated rings. The van der Waals surface area contributed by atoms with Crippen molar-refractivity contribution in [3.8, 4) is 0 Å². The summed E-state index contributed by atoms with van der Waals surface area (Å²) in [6, 6.07) is 12.2. The molecule has 0 saturated carbocycles. The van der Waals surface area contributed by atoms with Gasteiger partial charge in [0.2, 0.25) is 15.9 Å². The summed E-state index contributed by atoms with van der Waals surface area (Å²) in [6.07, 6.45) is 2.35. The Bertz CT molecular complexity index is 1280. The van der Waals surface area contributed by atoms with E-state index in [0.29, 0.717) is 58.3 Å². The summed E-state index contributed by atoms with van der Waals surface area (Å²) in [5, 5.41) is 21.0. The highest BCUT2D eigenvalue weighted by atomic mass is 32.2. The Balaban J connectivity index is 1.38. The molecule has 2 aromatic rings. The van der Waals surface area contributed by atoms with Crippen molar-refractivity contribution in [3.05, 3.63) is 59.9 Å². The number of aliphatic hydroxyl groups excluding tert-OH is 2. The van der Waals surface area contributed by atoms with Crippen molar-refractivity contribution >= 4 is 21.9 Å². The smallest absolute Gasteiger partial charge is 0.312 e. The van der Waals surface area contributed by atoms with Crippen molar-refractivity contribution in [2.24, 2.45) is 5.41 Å². The van der Waals surface area contributed by atoms with Crippen LogP contribution in [0.1, 0.15) is 49.8 Å². The second-order valence-corrected chi connectivity index (χ2v) is 13.1. The molecule has 0 aliphatic carbocycles. The Labute approximate surface area is 247 Å². The Morgan fingerprint density at radius 1 is 1.02 bits per heavy atom. The van der Waals surface area contributed by atoms with E-state index in [0.717, 1.165) is 11.3 Å². The number of ether oxygens (including phenoxy) is 1. The summed E-state index contributed by atoms with van der Waals surface area (Å²) in [6.45, 7) is 3.66. The minimum Gasteiger partial charge on any atom is -0.462 e. The lowest BCUT2D eigenvalue weighted by Crippen LogP contribution is -2.46. The number of hydrogen-bond donors (Lipinski definition) is 3. The molecule has 4 rings (SSSR count). The van der Waals surface area contributed by atoms with Crippen molar-refractivity contribution in [1.82, 2.24) is 19.5 Å². The number of rotatable bonds is 6. The molecule has 11 nitrogen and oxygen atoms in total. The number of likely N-dealkylation sites (tertiary alicyclic amines) is 1. The first kappa shape index (κ1) is 32.0. The van der Waals surface area contributed by atoms with E-state index in [1.807, 2.05) is 25.1 Å². The maximum atomic E-state index is 13.3. The number of amides is 1. The maximum Gasteiger partial charge on any atom is 0.312 e. The van der Waals surface area contributed by atoms with Gasteiger partial charge in [-0.05, 0) is 76.4 Å². The molecule has 12 heteroatoms. The number of carbonyl (C=O) groups excluding carboxylic acids is 2. The van der Waals surface area contributed by atoms with E-state index in [4.69, 9.17) is 4.74 Å². The highest BCUT2D eigenvalue weighted by Gasteiger charge is 2.42.